The number of carbonyl (C=O) groups excluding carboxylic acids is 1. The Morgan fingerprint density at radius 3 is 2.50 bits per heavy atom. The lowest BCUT2D eigenvalue weighted by Gasteiger charge is -2.21. The number of imidazole rings is 1. The summed E-state index contributed by atoms with van der Waals surface area (Å²) in [7, 11) is 3.24. The Labute approximate surface area is 222 Å². The van der Waals surface area contributed by atoms with Crippen molar-refractivity contribution in [1.29, 1.82) is 0 Å². The summed E-state index contributed by atoms with van der Waals surface area (Å²) in [6, 6.07) is 10.3. The average Bonchev–Trinajstić information content (AvgIpc) is 3.40. The first-order valence-corrected chi connectivity index (χ1v) is 13.3. The molecule has 1 aliphatic rings. The lowest BCUT2D eigenvalue weighted by atomic mass is 9.80. The van der Waals surface area contributed by atoms with E-state index in [1.54, 1.807) is 21.6 Å². The molecule has 180 valence electrons. The third kappa shape index (κ3) is 4.42. The third-order valence-electron chi connectivity index (χ3n) is 6.02. The quantitative estimate of drug-likeness (QED) is 0.286. The van der Waals surface area contributed by atoms with Gasteiger partial charge >= 0.3 is 5.95 Å². The Morgan fingerprint density at radius 2 is 1.82 bits per heavy atom. The van der Waals surface area contributed by atoms with E-state index in [1.165, 1.54) is 11.3 Å². The fraction of sp³-hybridized carbons (Fsp3) is 0.318. The van der Waals surface area contributed by atoms with Gasteiger partial charge < -0.3 is 18.1 Å². The average molecular weight is 556 g/mol. The van der Waals surface area contributed by atoms with Crippen LogP contribution in [0.15, 0.2) is 40.9 Å². The highest BCUT2D eigenvalue weighted by atomic mass is 35.5. The van der Waals surface area contributed by atoms with Crippen LogP contribution in [0.2, 0.25) is 0 Å². The van der Waals surface area contributed by atoms with Crippen LogP contribution in [0, 0.1) is 0 Å². The molecule has 1 aliphatic carbocycles. The van der Waals surface area contributed by atoms with E-state index in [-0.39, 0.29) is 30.6 Å². The predicted octanol–water partition coefficient (Wildman–Crippen LogP) is 1.78. The number of anilines is 1. The van der Waals surface area contributed by atoms with Crippen molar-refractivity contribution in [3.05, 3.63) is 53.3 Å². The van der Waals surface area contributed by atoms with Gasteiger partial charge in [-0.15, -0.1) is 22.6 Å². The van der Waals surface area contributed by atoms with Crippen LogP contribution in [0.4, 0.5) is 5.13 Å². The molecule has 0 amide bonds. The summed E-state index contributed by atoms with van der Waals surface area (Å²) in [6.45, 7) is 8.03. The van der Waals surface area contributed by atoms with Crippen LogP contribution in [-0.4, -0.2) is 25.9 Å². The topological polar surface area (TPSA) is 101 Å². The Balaban J connectivity index is 0.00000162. The maximum Gasteiger partial charge on any atom is 0.402 e. The normalized spacial score (nSPS) is 15.6. The van der Waals surface area contributed by atoms with Crippen LogP contribution in [0.1, 0.15) is 44.5 Å². The summed E-state index contributed by atoms with van der Waals surface area (Å²) in [6.07, 6.45) is 2.01. The van der Waals surface area contributed by atoms with Crippen LogP contribution in [-0.2, 0) is 21.4 Å². The molecule has 12 heteroatoms. The molecule has 3 heterocycles. The van der Waals surface area contributed by atoms with Gasteiger partial charge in [-0.25, -0.2) is 9.55 Å². The first-order valence-electron chi connectivity index (χ1n) is 10.2. The number of H-pyrrole nitrogens is 1. The van der Waals surface area contributed by atoms with E-state index in [4.69, 9.17) is 10.7 Å². The highest BCUT2D eigenvalue weighted by Crippen LogP contribution is 2.47. The summed E-state index contributed by atoms with van der Waals surface area (Å²) >= 11 is 1.38. The van der Waals surface area contributed by atoms with E-state index >= 15 is 0 Å². The summed E-state index contributed by atoms with van der Waals surface area (Å²) < 4.78 is 2.90. The number of aromatic nitrogens is 5. The molecule has 0 fully saturated rings. The number of nitrogens with zero attached hydrogens (tertiary/aromatic N) is 4. The number of hydrogen-bond donors (Lipinski definition) is 2. The molecule has 0 saturated heterocycles. The van der Waals surface area contributed by atoms with Crippen LogP contribution >= 0.6 is 45.3 Å². The number of pyridine rings is 1. The molecule has 0 unspecified atom stereocenters. The highest BCUT2D eigenvalue weighted by molar-refractivity contribution is 8.76. The molecular formula is C22H24Cl2N6OS3. The molecule has 0 atom stereocenters. The van der Waals surface area contributed by atoms with Crippen LogP contribution < -0.4 is 22.7 Å². The Morgan fingerprint density at radius 1 is 1.12 bits per heavy atom. The molecule has 0 saturated carbocycles. The molecule has 3 N–H and O–H groups in total. The number of rotatable bonds is 5. The Bertz CT molecular complexity index is 1310. The standard InChI is InChI=1S/C22H23N6OS3.2ClH/c1-21(2)13-9-15-16(10-14(13)22(3,4)17(21)29)25-19(24-15)28-8-6-5-7-12(28)11-30-32-20-27-26-18(23)31-20;;/h5-10H,11H2,1-4H3,(H2,23,26)(H,24,25);2*1H/q+1;;/p-1. The summed E-state index contributed by atoms with van der Waals surface area (Å²) in [4.78, 5) is 21.3. The molecule has 7 nitrogen and oxygen atoms in total. The minimum Gasteiger partial charge on any atom is -1.00 e. The number of nitrogens with one attached hydrogen (secondary N) is 1. The zero-order chi connectivity index (χ0) is 22.7. The first kappa shape index (κ1) is 26.7. The van der Waals surface area contributed by atoms with Gasteiger partial charge in [-0.1, -0.05) is 33.2 Å². The molecule has 4 aromatic rings. The number of Topliss-reactive ketones (excluding diaryl/α,β-unsaturated/α-hetero) is 1. The van der Waals surface area contributed by atoms with Crippen LogP contribution in [0.3, 0.4) is 0 Å². The number of carbonyl (C=O) groups is 1. The molecule has 1 aromatic carbocycles. The number of benzene rings is 1. The fourth-order valence-electron chi connectivity index (χ4n) is 4.41. The fourth-order valence-corrected chi connectivity index (χ4v) is 7.42. The van der Waals surface area contributed by atoms with Crippen molar-refractivity contribution in [3.63, 3.8) is 0 Å². The van der Waals surface area contributed by atoms with Gasteiger partial charge in [0.1, 0.15) is 5.52 Å². The highest BCUT2D eigenvalue weighted by Gasteiger charge is 2.50. The SMILES string of the molecule is CC1(C)C(=O)C(C)(C)c2cc3[nH]c(-[n+]4ccccc4CSSc4nnc(N)s4)nc3cc21.Cl.[Cl-]. The lowest BCUT2D eigenvalue weighted by Crippen LogP contribution is -3.00. The third-order valence-corrected chi connectivity index (χ3v) is 9.32. The second kappa shape index (κ2) is 9.66. The van der Waals surface area contributed by atoms with Crippen molar-refractivity contribution >= 4 is 67.3 Å². The van der Waals surface area contributed by atoms with Crippen molar-refractivity contribution in [1.82, 2.24) is 20.2 Å². The number of nitrogen functional groups attached to an aromatic ring is 1. The molecule has 0 aliphatic heterocycles. The van der Waals surface area contributed by atoms with E-state index in [0.717, 1.165) is 43.9 Å². The second-order valence-electron chi connectivity index (χ2n) is 8.87. The number of nitrogens with two attached hydrogens (primary N) is 1. The van der Waals surface area contributed by atoms with Gasteiger partial charge in [-0.05, 0) is 73.9 Å². The van der Waals surface area contributed by atoms with E-state index in [2.05, 4.69) is 37.9 Å². The number of ketones is 1. The Kier molecular flexibility index (Phi) is 7.60. The summed E-state index contributed by atoms with van der Waals surface area (Å²) in [5.41, 5.74) is 9.69. The minimum absolute atomic E-state index is 0. The Hall–Kier alpha value is -1.85. The zero-order valence-corrected chi connectivity index (χ0v) is 23.0. The molecule has 0 radical (unpaired) electrons. The molecule has 5 rings (SSSR count). The number of hydrogen-bond acceptors (Lipinski definition) is 8. The smallest absolute Gasteiger partial charge is 0.402 e. The molecule has 0 bridgehead atoms. The molecular weight excluding hydrogens is 531 g/mol. The van der Waals surface area contributed by atoms with Crippen LogP contribution in [0.25, 0.3) is 17.0 Å². The van der Waals surface area contributed by atoms with Gasteiger partial charge in [-0.2, -0.15) is 0 Å². The largest absolute Gasteiger partial charge is 1.00 e. The van der Waals surface area contributed by atoms with Crippen molar-refractivity contribution in [3.8, 4) is 5.95 Å². The number of halogens is 2. The second-order valence-corrected chi connectivity index (χ2v) is 12.4. The van der Waals surface area contributed by atoms with Gasteiger partial charge in [-0.3, -0.25) is 4.79 Å². The van der Waals surface area contributed by atoms with Gasteiger partial charge in [0.15, 0.2) is 15.6 Å². The van der Waals surface area contributed by atoms with Crippen molar-refractivity contribution in [2.45, 2.75) is 48.6 Å². The summed E-state index contributed by atoms with van der Waals surface area (Å²) in [5, 5.41) is 8.38. The number of aromatic amines is 1. The number of fused-ring (bicyclic) bond motifs is 2. The van der Waals surface area contributed by atoms with E-state index < -0.39 is 10.8 Å². The van der Waals surface area contributed by atoms with E-state index in [1.807, 2.05) is 46.0 Å². The van der Waals surface area contributed by atoms with Gasteiger partial charge in [0.05, 0.1) is 17.6 Å². The lowest BCUT2D eigenvalue weighted by molar-refractivity contribution is -0.610. The molecule has 3 aromatic heterocycles. The maximum atomic E-state index is 13.0. The van der Waals surface area contributed by atoms with Gasteiger partial charge in [0.2, 0.25) is 5.13 Å². The molecule has 34 heavy (non-hydrogen) atoms. The van der Waals surface area contributed by atoms with Crippen molar-refractivity contribution in [2.75, 3.05) is 5.73 Å². The van der Waals surface area contributed by atoms with Crippen molar-refractivity contribution < 1.29 is 21.8 Å². The van der Waals surface area contributed by atoms with E-state index in [9.17, 15) is 4.79 Å². The zero-order valence-electron chi connectivity index (χ0n) is 19.0. The first-order chi connectivity index (χ1) is 15.2. The van der Waals surface area contributed by atoms with Crippen molar-refractivity contribution in [2.24, 2.45) is 0 Å². The van der Waals surface area contributed by atoms with Crippen LogP contribution in [0.5, 0.6) is 0 Å². The predicted molar refractivity (Wildman–Crippen MR) is 137 cm³/mol. The van der Waals surface area contributed by atoms with Gasteiger partial charge in [0, 0.05) is 10.8 Å². The van der Waals surface area contributed by atoms with E-state index in [0.29, 0.717) is 5.13 Å². The monoisotopic (exact) mass is 554 g/mol. The summed E-state index contributed by atoms with van der Waals surface area (Å²) in [5.74, 6) is 1.76. The molecule has 0 spiro atoms. The minimum atomic E-state index is -0.515. The maximum absolute atomic E-state index is 13.0. The van der Waals surface area contributed by atoms with Gasteiger partial charge in [0.25, 0.3) is 0 Å².